The van der Waals surface area contributed by atoms with Crippen LogP contribution in [0.5, 0.6) is 0 Å². The van der Waals surface area contributed by atoms with Gasteiger partial charge in [-0.05, 0) is 37.0 Å². The summed E-state index contributed by atoms with van der Waals surface area (Å²) in [7, 11) is 0. The van der Waals surface area contributed by atoms with E-state index in [1.54, 1.807) is 12.1 Å². The van der Waals surface area contributed by atoms with Crippen molar-refractivity contribution in [3.8, 4) is 0 Å². The van der Waals surface area contributed by atoms with Gasteiger partial charge < -0.3 is 10.6 Å². The van der Waals surface area contributed by atoms with Crippen LogP contribution in [0, 0.1) is 5.82 Å². The second-order valence-corrected chi connectivity index (χ2v) is 5.47. The zero-order valence-corrected chi connectivity index (χ0v) is 12.0. The lowest BCUT2D eigenvalue weighted by Gasteiger charge is -2.19. The molecule has 0 aromatic heterocycles. The fourth-order valence-corrected chi connectivity index (χ4v) is 2.21. The van der Waals surface area contributed by atoms with E-state index in [4.69, 9.17) is 0 Å². The molecule has 1 amide bonds. The molecule has 0 saturated heterocycles. The first kappa shape index (κ1) is 15.0. The van der Waals surface area contributed by atoms with Crippen molar-refractivity contribution in [2.75, 3.05) is 6.54 Å². The van der Waals surface area contributed by atoms with Crippen LogP contribution in [0.25, 0.3) is 0 Å². The van der Waals surface area contributed by atoms with Crippen LogP contribution >= 0.6 is 0 Å². The maximum Gasteiger partial charge on any atom is 0.234 e. The van der Waals surface area contributed by atoms with Crippen molar-refractivity contribution in [1.82, 2.24) is 10.6 Å². The zero-order chi connectivity index (χ0) is 14.4. The quantitative estimate of drug-likeness (QED) is 0.767. The highest BCUT2D eigenvalue weighted by atomic mass is 19.1. The molecule has 1 aliphatic rings. The van der Waals surface area contributed by atoms with Gasteiger partial charge in [-0.3, -0.25) is 4.79 Å². The van der Waals surface area contributed by atoms with E-state index < -0.39 is 0 Å². The predicted molar refractivity (Wildman–Crippen MR) is 77.8 cm³/mol. The Morgan fingerprint density at radius 3 is 2.65 bits per heavy atom. The number of carbonyl (C=O) groups is 1. The van der Waals surface area contributed by atoms with E-state index in [1.807, 2.05) is 0 Å². The third-order valence-corrected chi connectivity index (χ3v) is 3.57. The van der Waals surface area contributed by atoms with E-state index in [1.165, 1.54) is 12.1 Å². The van der Waals surface area contributed by atoms with Crippen LogP contribution in [-0.4, -0.2) is 18.5 Å². The van der Waals surface area contributed by atoms with E-state index in [0.29, 0.717) is 12.6 Å². The number of hydrogen-bond donors (Lipinski definition) is 2. The van der Waals surface area contributed by atoms with Crippen LogP contribution in [0.1, 0.15) is 50.6 Å². The van der Waals surface area contributed by atoms with Crippen LogP contribution < -0.4 is 10.6 Å². The zero-order valence-electron chi connectivity index (χ0n) is 12.0. The Balaban J connectivity index is 1.88. The summed E-state index contributed by atoms with van der Waals surface area (Å²) in [6.07, 6.45) is 5.34. The Bertz CT molecular complexity index is 429. The van der Waals surface area contributed by atoms with E-state index in [0.717, 1.165) is 37.7 Å². The van der Waals surface area contributed by atoms with Gasteiger partial charge in [0, 0.05) is 12.1 Å². The van der Waals surface area contributed by atoms with Gasteiger partial charge in [-0.2, -0.15) is 0 Å². The summed E-state index contributed by atoms with van der Waals surface area (Å²) in [5.74, 6) is -0.175. The first-order valence-corrected chi connectivity index (χ1v) is 7.47. The molecule has 0 bridgehead atoms. The molecule has 1 saturated carbocycles. The molecule has 0 spiro atoms. The Morgan fingerprint density at radius 2 is 2.05 bits per heavy atom. The number of carbonyl (C=O) groups excluding carboxylic acids is 1. The lowest BCUT2D eigenvalue weighted by Crippen LogP contribution is -2.36. The molecular formula is C16H23FN2O. The van der Waals surface area contributed by atoms with Crippen molar-refractivity contribution >= 4 is 5.91 Å². The number of unbranched alkanes of at least 4 members (excludes halogenated alkanes) is 1. The van der Waals surface area contributed by atoms with E-state index in [-0.39, 0.29) is 17.8 Å². The van der Waals surface area contributed by atoms with Crippen molar-refractivity contribution in [3.63, 3.8) is 0 Å². The number of halogens is 1. The van der Waals surface area contributed by atoms with Crippen molar-refractivity contribution in [2.45, 2.75) is 51.1 Å². The first-order chi connectivity index (χ1) is 9.69. The number of rotatable bonds is 8. The van der Waals surface area contributed by atoms with E-state index >= 15 is 0 Å². The molecule has 0 aliphatic heterocycles. The second kappa shape index (κ2) is 7.39. The van der Waals surface area contributed by atoms with Gasteiger partial charge in [0.1, 0.15) is 5.82 Å². The number of benzene rings is 1. The Morgan fingerprint density at radius 1 is 1.35 bits per heavy atom. The Hall–Kier alpha value is -1.42. The number of hydrogen-bond acceptors (Lipinski definition) is 2. The maximum atomic E-state index is 13.0. The van der Waals surface area contributed by atoms with Crippen LogP contribution in [0.15, 0.2) is 24.3 Å². The Kier molecular flexibility index (Phi) is 5.53. The molecule has 20 heavy (non-hydrogen) atoms. The minimum Gasteiger partial charge on any atom is -0.352 e. The number of nitrogens with one attached hydrogen (secondary N) is 2. The molecule has 1 aromatic rings. The molecule has 1 aromatic carbocycles. The van der Waals surface area contributed by atoms with Gasteiger partial charge in [-0.1, -0.05) is 31.9 Å². The van der Waals surface area contributed by atoms with Crippen LogP contribution in [0.2, 0.25) is 0 Å². The average Bonchev–Trinajstić information content (AvgIpc) is 3.24. The SMILES string of the molecule is CCCCC(NCC(=O)NC1CC1)c1ccc(F)cc1. The molecule has 1 fully saturated rings. The largest absolute Gasteiger partial charge is 0.352 e. The van der Waals surface area contributed by atoms with Crippen LogP contribution in [0.3, 0.4) is 0 Å². The van der Waals surface area contributed by atoms with Gasteiger partial charge >= 0.3 is 0 Å². The van der Waals surface area contributed by atoms with Crippen molar-refractivity contribution in [2.24, 2.45) is 0 Å². The summed E-state index contributed by atoms with van der Waals surface area (Å²) in [4.78, 5) is 11.7. The molecule has 4 heteroatoms. The fourth-order valence-electron chi connectivity index (χ4n) is 2.21. The van der Waals surface area contributed by atoms with Gasteiger partial charge in [0.2, 0.25) is 5.91 Å². The highest BCUT2D eigenvalue weighted by Gasteiger charge is 2.23. The fraction of sp³-hybridized carbons (Fsp3) is 0.562. The minimum absolute atomic E-state index is 0.0520. The van der Waals surface area contributed by atoms with E-state index in [2.05, 4.69) is 17.6 Å². The molecular weight excluding hydrogens is 255 g/mol. The summed E-state index contributed by atoms with van der Waals surface area (Å²) in [5, 5.41) is 6.25. The third-order valence-electron chi connectivity index (χ3n) is 3.57. The predicted octanol–water partition coefficient (Wildman–Crippen LogP) is 2.93. The molecule has 2 N–H and O–H groups in total. The summed E-state index contributed by atoms with van der Waals surface area (Å²) in [6.45, 7) is 2.46. The van der Waals surface area contributed by atoms with Crippen molar-refractivity contribution < 1.29 is 9.18 Å². The van der Waals surface area contributed by atoms with E-state index in [9.17, 15) is 9.18 Å². The summed E-state index contributed by atoms with van der Waals surface area (Å²) < 4.78 is 13.0. The lowest BCUT2D eigenvalue weighted by molar-refractivity contribution is -0.120. The molecule has 0 heterocycles. The van der Waals surface area contributed by atoms with Gasteiger partial charge in [0.05, 0.1) is 6.54 Å². The molecule has 2 rings (SSSR count). The monoisotopic (exact) mass is 278 g/mol. The van der Waals surface area contributed by atoms with Gasteiger partial charge in [-0.25, -0.2) is 4.39 Å². The van der Waals surface area contributed by atoms with Crippen LogP contribution in [0.4, 0.5) is 4.39 Å². The topological polar surface area (TPSA) is 41.1 Å². The lowest BCUT2D eigenvalue weighted by atomic mass is 10.0. The molecule has 1 atom stereocenters. The molecule has 0 radical (unpaired) electrons. The Labute approximate surface area is 120 Å². The average molecular weight is 278 g/mol. The normalized spacial score (nSPS) is 15.9. The summed E-state index contributed by atoms with van der Waals surface area (Å²) >= 11 is 0. The standard InChI is InChI=1S/C16H23FN2O/c1-2-3-4-15(12-5-7-13(17)8-6-12)18-11-16(20)19-14-9-10-14/h5-8,14-15,18H,2-4,9-11H2,1H3,(H,19,20). The molecule has 1 aliphatic carbocycles. The summed E-state index contributed by atoms with van der Waals surface area (Å²) in [5.41, 5.74) is 1.04. The van der Waals surface area contributed by atoms with Gasteiger partial charge in [-0.15, -0.1) is 0 Å². The first-order valence-electron chi connectivity index (χ1n) is 7.47. The maximum absolute atomic E-state index is 13.0. The molecule has 3 nitrogen and oxygen atoms in total. The highest BCUT2D eigenvalue weighted by Crippen LogP contribution is 2.20. The molecule has 1 unspecified atom stereocenters. The molecule has 110 valence electrons. The minimum atomic E-state index is -0.227. The number of amides is 1. The smallest absolute Gasteiger partial charge is 0.234 e. The van der Waals surface area contributed by atoms with Gasteiger partial charge in [0.25, 0.3) is 0 Å². The van der Waals surface area contributed by atoms with Crippen molar-refractivity contribution in [3.05, 3.63) is 35.6 Å². The van der Waals surface area contributed by atoms with Crippen molar-refractivity contribution in [1.29, 1.82) is 0 Å². The summed E-state index contributed by atoms with van der Waals surface area (Å²) in [6, 6.07) is 7.04. The van der Waals surface area contributed by atoms with Crippen LogP contribution in [-0.2, 0) is 4.79 Å². The third kappa shape index (κ3) is 4.93. The van der Waals surface area contributed by atoms with Gasteiger partial charge in [0.15, 0.2) is 0 Å². The second-order valence-electron chi connectivity index (χ2n) is 5.47. The highest BCUT2D eigenvalue weighted by molar-refractivity contribution is 5.78.